The average Bonchev–Trinajstić information content (AvgIpc) is 2.55. The molecule has 13 heavy (non-hydrogen) atoms. The van der Waals surface area contributed by atoms with Crippen LogP contribution in [-0.2, 0) is 6.42 Å². The lowest BCUT2D eigenvalue weighted by molar-refractivity contribution is 0.997. The van der Waals surface area contributed by atoms with Crippen molar-refractivity contribution in [2.24, 2.45) is 0 Å². The van der Waals surface area contributed by atoms with E-state index < -0.39 is 0 Å². The summed E-state index contributed by atoms with van der Waals surface area (Å²) < 4.78 is 0. The predicted octanol–water partition coefficient (Wildman–Crippen LogP) is 2.14. The second-order valence-corrected chi connectivity index (χ2v) is 3.30. The second kappa shape index (κ2) is 2.83. The minimum atomic E-state index is 0.833. The molecule has 0 spiro atoms. The van der Waals surface area contributed by atoms with Gasteiger partial charge in [0.05, 0.1) is 5.52 Å². The molecule has 1 N–H and O–H groups in total. The van der Waals surface area contributed by atoms with Crippen molar-refractivity contribution in [3.8, 4) is 0 Å². The van der Waals surface area contributed by atoms with Crippen LogP contribution in [0.1, 0.15) is 23.9 Å². The van der Waals surface area contributed by atoms with Crippen LogP contribution in [0.15, 0.2) is 6.20 Å². The number of aromatic nitrogens is 3. The first-order chi connectivity index (χ1) is 6.22. The van der Waals surface area contributed by atoms with Gasteiger partial charge in [-0.1, -0.05) is 6.92 Å². The van der Waals surface area contributed by atoms with Gasteiger partial charge in [-0.05, 0) is 25.0 Å². The van der Waals surface area contributed by atoms with Gasteiger partial charge in [0, 0.05) is 12.6 Å². The Morgan fingerprint density at radius 1 is 1.38 bits per heavy atom. The Morgan fingerprint density at radius 3 is 2.85 bits per heavy atom. The Hall–Kier alpha value is -1.38. The van der Waals surface area contributed by atoms with Crippen molar-refractivity contribution < 1.29 is 0 Å². The van der Waals surface area contributed by atoms with Gasteiger partial charge in [-0.3, -0.25) is 0 Å². The molecule has 68 valence electrons. The van der Waals surface area contributed by atoms with Crippen molar-refractivity contribution >= 4 is 11.2 Å². The molecule has 0 radical (unpaired) electrons. The van der Waals surface area contributed by atoms with Gasteiger partial charge in [0.25, 0.3) is 0 Å². The number of nitrogens with zero attached hydrogens (tertiary/aromatic N) is 2. The molecule has 0 atom stereocenters. The highest BCUT2D eigenvalue weighted by atomic mass is 15.0. The first-order valence-corrected chi connectivity index (χ1v) is 4.53. The highest BCUT2D eigenvalue weighted by Gasteiger charge is 2.05. The Morgan fingerprint density at radius 2 is 2.15 bits per heavy atom. The molecule has 2 aromatic rings. The molecule has 2 aromatic heterocycles. The summed E-state index contributed by atoms with van der Waals surface area (Å²) in [6.07, 6.45) is 2.80. The van der Waals surface area contributed by atoms with Gasteiger partial charge >= 0.3 is 0 Å². The van der Waals surface area contributed by atoms with E-state index in [9.17, 15) is 0 Å². The van der Waals surface area contributed by atoms with E-state index in [-0.39, 0.29) is 0 Å². The lowest BCUT2D eigenvalue weighted by Crippen LogP contribution is -1.85. The SMILES string of the molecule is CCc1nc2ncc(C)c(C)c2[nH]1. The third kappa shape index (κ3) is 1.20. The molecule has 2 heterocycles. The maximum atomic E-state index is 4.37. The first kappa shape index (κ1) is 8.23. The smallest absolute Gasteiger partial charge is 0.177 e. The van der Waals surface area contributed by atoms with E-state index in [0.29, 0.717) is 0 Å². The Balaban J connectivity index is 2.76. The molecule has 0 bridgehead atoms. The molecule has 0 saturated heterocycles. The lowest BCUT2D eigenvalue weighted by atomic mass is 10.2. The summed E-state index contributed by atoms with van der Waals surface area (Å²) in [4.78, 5) is 11.9. The number of aryl methyl sites for hydroxylation is 3. The van der Waals surface area contributed by atoms with Gasteiger partial charge in [-0.25, -0.2) is 9.97 Å². The van der Waals surface area contributed by atoms with E-state index in [2.05, 4.69) is 35.7 Å². The Kier molecular flexibility index (Phi) is 1.79. The van der Waals surface area contributed by atoms with Crippen molar-refractivity contribution in [3.63, 3.8) is 0 Å². The topological polar surface area (TPSA) is 41.6 Å². The number of aromatic amines is 1. The molecule has 0 fully saturated rings. The minimum absolute atomic E-state index is 0.833. The van der Waals surface area contributed by atoms with Gasteiger partial charge in [-0.15, -0.1) is 0 Å². The normalized spacial score (nSPS) is 11.0. The quantitative estimate of drug-likeness (QED) is 0.721. The summed E-state index contributed by atoms with van der Waals surface area (Å²) in [5.41, 5.74) is 4.37. The molecular formula is C10H13N3. The van der Waals surface area contributed by atoms with E-state index >= 15 is 0 Å². The van der Waals surface area contributed by atoms with Gasteiger partial charge in [-0.2, -0.15) is 0 Å². The Bertz CT molecular complexity index is 443. The molecule has 2 rings (SSSR count). The molecule has 3 heteroatoms. The Labute approximate surface area is 77.2 Å². The third-order valence-electron chi connectivity index (χ3n) is 2.42. The second-order valence-electron chi connectivity index (χ2n) is 3.30. The maximum Gasteiger partial charge on any atom is 0.177 e. The molecule has 0 aliphatic carbocycles. The largest absolute Gasteiger partial charge is 0.340 e. The number of nitrogens with one attached hydrogen (secondary N) is 1. The number of fused-ring (bicyclic) bond motifs is 1. The summed E-state index contributed by atoms with van der Waals surface area (Å²) in [7, 11) is 0. The monoisotopic (exact) mass is 175 g/mol. The van der Waals surface area contributed by atoms with Crippen molar-refractivity contribution in [1.82, 2.24) is 15.0 Å². The number of rotatable bonds is 1. The van der Waals surface area contributed by atoms with E-state index in [1.54, 1.807) is 0 Å². The van der Waals surface area contributed by atoms with Crippen LogP contribution in [0.4, 0.5) is 0 Å². The fraction of sp³-hybridized carbons (Fsp3) is 0.400. The van der Waals surface area contributed by atoms with Crippen molar-refractivity contribution in [3.05, 3.63) is 23.1 Å². The van der Waals surface area contributed by atoms with Crippen molar-refractivity contribution in [2.75, 3.05) is 0 Å². The summed E-state index contributed by atoms with van der Waals surface area (Å²) >= 11 is 0. The van der Waals surface area contributed by atoms with E-state index in [1.807, 2.05) is 6.20 Å². The van der Waals surface area contributed by atoms with Gasteiger partial charge < -0.3 is 4.98 Å². The van der Waals surface area contributed by atoms with Crippen LogP contribution in [0.3, 0.4) is 0 Å². The zero-order valence-corrected chi connectivity index (χ0v) is 8.18. The van der Waals surface area contributed by atoms with Gasteiger partial charge in [0.2, 0.25) is 0 Å². The van der Waals surface area contributed by atoms with Crippen LogP contribution in [0.5, 0.6) is 0 Å². The number of H-pyrrole nitrogens is 1. The standard InChI is InChI=1S/C10H13N3/c1-4-8-12-9-7(3)6(2)5-11-10(9)13-8/h5H,4H2,1-3H3,(H,11,12,13). The average molecular weight is 175 g/mol. The number of hydrogen-bond donors (Lipinski definition) is 1. The zero-order chi connectivity index (χ0) is 9.42. The highest BCUT2D eigenvalue weighted by Crippen LogP contribution is 2.16. The van der Waals surface area contributed by atoms with Gasteiger partial charge in [0.15, 0.2) is 5.65 Å². The molecule has 0 amide bonds. The lowest BCUT2D eigenvalue weighted by Gasteiger charge is -1.97. The summed E-state index contributed by atoms with van der Waals surface area (Å²) in [6, 6.07) is 0. The van der Waals surface area contributed by atoms with Crippen LogP contribution in [0.2, 0.25) is 0 Å². The van der Waals surface area contributed by atoms with E-state index in [1.165, 1.54) is 11.1 Å². The van der Waals surface area contributed by atoms with Crippen molar-refractivity contribution in [1.29, 1.82) is 0 Å². The number of pyridine rings is 1. The zero-order valence-electron chi connectivity index (χ0n) is 8.18. The number of imidazole rings is 1. The molecule has 0 aliphatic heterocycles. The predicted molar refractivity (Wildman–Crippen MR) is 52.7 cm³/mol. The molecular weight excluding hydrogens is 162 g/mol. The third-order valence-corrected chi connectivity index (χ3v) is 2.42. The summed E-state index contributed by atoms with van der Waals surface area (Å²) in [5.74, 6) is 1.01. The fourth-order valence-electron chi connectivity index (χ4n) is 1.39. The number of hydrogen-bond acceptors (Lipinski definition) is 2. The van der Waals surface area contributed by atoms with Crippen LogP contribution in [0, 0.1) is 13.8 Å². The fourth-order valence-corrected chi connectivity index (χ4v) is 1.39. The first-order valence-electron chi connectivity index (χ1n) is 4.53. The summed E-state index contributed by atoms with van der Waals surface area (Å²) in [5, 5.41) is 0. The molecule has 0 saturated carbocycles. The van der Waals surface area contributed by atoms with Crippen LogP contribution < -0.4 is 0 Å². The van der Waals surface area contributed by atoms with Crippen LogP contribution in [-0.4, -0.2) is 15.0 Å². The van der Waals surface area contributed by atoms with Crippen molar-refractivity contribution in [2.45, 2.75) is 27.2 Å². The minimum Gasteiger partial charge on any atom is -0.340 e. The summed E-state index contributed by atoms with van der Waals surface area (Å²) in [6.45, 7) is 6.24. The molecule has 0 unspecified atom stereocenters. The molecule has 3 nitrogen and oxygen atoms in total. The van der Waals surface area contributed by atoms with Crippen LogP contribution >= 0.6 is 0 Å². The highest BCUT2D eigenvalue weighted by molar-refractivity contribution is 5.75. The van der Waals surface area contributed by atoms with E-state index in [4.69, 9.17) is 0 Å². The maximum absolute atomic E-state index is 4.37. The molecule has 0 aromatic carbocycles. The van der Waals surface area contributed by atoms with E-state index in [0.717, 1.165) is 23.4 Å². The van der Waals surface area contributed by atoms with Crippen LogP contribution in [0.25, 0.3) is 11.2 Å². The molecule has 0 aliphatic rings. The van der Waals surface area contributed by atoms with Gasteiger partial charge in [0.1, 0.15) is 5.82 Å².